The van der Waals surface area contributed by atoms with Gasteiger partial charge in [-0.1, -0.05) is 17.7 Å². The highest BCUT2D eigenvalue weighted by Crippen LogP contribution is 2.28. The van der Waals surface area contributed by atoms with Crippen LogP contribution < -0.4 is 11.3 Å². The van der Waals surface area contributed by atoms with E-state index < -0.39 is 5.91 Å². The van der Waals surface area contributed by atoms with Crippen molar-refractivity contribution in [3.05, 3.63) is 52.5 Å². The topological polar surface area (TPSA) is 68.3 Å². The van der Waals surface area contributed by atoms with Gasteiger partial charge in [-0.2, -0.15) is 0 Å². The number of hydrazine groups is 1. The highest BCUT2D eigenvalue weighted by atomic mass is 32.2. The second-order valence-electron chi connectivity index (χ2n) is 4.76. The molecule has 20 heavy (non-hydrogen) atoms. The van der Waals surface area contributed by atoms with E-state index in [-0.39, 0.29) is 5.76 Å². The molecule has 0 atom stereocenters. The zero-order valence-corrected chi connectivity index (χ0v) is 12.6. The zero-order valence-electron chi connectivity index (χ0n) is 11.8. The van der Waals surface area contributed by atoms with E-state index in [0.29, 0.717) is 5.75 Å². The van der Waals surface area contributed by atoms with Crippen molar-refractivity contribution in [1.29, 1.82) is 0 Å². The van der Waals surface area contributed by atoms with Gasteiger partial charge in [0.25, 0.3) is 0 Å². The zero-order chi connectivity index (χ0) is 14.7. The van der Waals surface area contributed by atoms with Crippen molar-refractivity contribution >= 4 is 17.7 Å². The minimum atomic E-state index is -0.398. The van der Waals surface area contributed by atoms with E-state index in [9.17, 15) is 4.79 Å². The maximum absolute atomic E-state index is 11.5. The molecule has 5 heteroatoms. The molecule has 3 N–H and O–H groups in total. The molecular weight excluding hydrogens is 272 g/mol. The molecule has 2 rings (SSSR count). The molecule has 1 aromatic carbocycles. The van der Waals surface area contributed by atoms with E-state index >= 15 is 0 Å². The lowest BCUT2D eigenvalue weighted by Gasteiger charge is -2.05. The molecule has 0 fully saturated rings. The van der Waals surface area contributed by atoms with E-state index in [1.807, 2.05) is 13.0 Å². The summed E-state index contributed by atoms with van der Waals surface area (Å²) in [5.74, 6) is 6.46. The molecule has 1 aromatic heterocycles. The fourth-order valence-electron chi connectivity index (χ4n) is 1.92. The number of hydrogen-bond donors (Lipinski definition) is 2. The summed E-state index contributed by atoms with van der Waals surface area (Å²) in [4.78, 5) is 12.7. The van der Waals surface area contributed by atoms with Crippen molar-refractivity contribution in [3.8, 4) is 0 Å². The molecule has 1 heterocycles. The number of nitrogen functional groups attached to an aromatic ring is 1. The van der Waals surface area contributed by atoms with Crippen LogP contribution in [0, 0.1) is 20.8 Å². The second kappa shape index (κ2) is 6.15. The number of carbonyl (C=O) groups excluding carboxylic acids is 1. The number of carbonyl (C=O) groups is 1. The van der Waals surface area contributed by atoms with Crippen LogP contribution in [-0.2, 0) is 5.75 Å². The Morgan fingerprint density at radius 2 is 2.00 bits per heavy atom. The maximum Gasteiger partial charge on any atom is 0.301 e. The van der Waals surface area contributed by atoms with E-state index in [2.05, 4.69) is 37.5 Å². The van der Waals surface area contributed by atoms with E-state index in [0.717, 1.165) is 11.3 Å². The molecule has 0 aliphatic carbocycles. The molecule has 0 aliphatic rings. The fourth-order valence-corrected chi connectivity index (χ4v) is 2.93. The number of nitrogens with one attached hydrogen (secondary N) is 1. The Bertz CT molecular complexity index is 635. The average Bonchev–Trinajstić information content (AvgIpc) is 2.80. The summed E-state index contributed by atoms with van der Waals surface area (Å²) in [6.45, 7) is 5.99. The minimum Gasteiger partial charge on any atom is -0.455 e. The summed E-state index contributed by atoms with van der Waals surface area (Å²) in [7, 11) is 0. The highest BCUT2D eigenvalue weighted by Gasteiger charge is 2.14. The molecule has 0 bridgehead atoms. The van der Waals surface area contributed by atoms with Crippen LogP contribution in [0.4, 0.5) is 0 Å². The Kier molecular flexibility index (Phi) is 4.52. The number of amides is 1. The Hall–Kier alpha value is -1.72. The van der Waals surface area contributed by atoms with Crippen LogP contribution in [0.15, 0.2) is 33.6 Å². The number of benzene rings is 1. The van der Waals surface area contributed by atoms with Crippen LogP contribution in [0.5, 0.6) is 0 Å². The quantitative estimate of drug-likeness (QED) is 0.393. The van der Waals surface area contributed by atoms with Crippen LogP contribution in [0.3, 0.4) is 0 Å². The first-order chi connectivity index (χ1) is 9.51. The van der Waals surface area contributed by atoms with Gasteiger partial charge in [-0.15, -0.1) is 11.8 Å². The molecule has 0 saturated carbocycles. The molecular formula is C15H18N2O2S. The Morgan fingerprint density at radius 3 is 2.70 bits per heavy atom. The van der Waals surface area contributed by atoms with Crippen LogP contribution in [-0.4, -0.2) is 5.91 Å². The van der Waals surface area contributed by atoms with Crippen molar-refractivity contribution < 1.29 is 9.21 Å². The summed E-state index contributed by atoms with van der Waals surface area (Å²) in [5.41, 5.74) is 5.36. The van der Waals surface area contributed by atoms with Gasteiger partial charge in [-0.05, 0) is 38.5 Å². The van der Waals surface area contributed by atoms with Crippen molar-refractivity contribution in [2.45, 2.75) is 31.4 Å². The summed E-state index contributed by atoms with van der Waals surface area (Å²) in [5, 5.41) is 0. The second-order valence-corrected chi connectivity index (χ2v) is 5.77. The number of nitrogens with two attached hydrogens (primary N) is 1. The standard InChI is InChI=1S/C15H18N2O2S/c1-9-4-5-10(2)13(6-9)20-8-12-7-11(3)14(19-12)15(18)17-16/h4-7H,8,16H2,1-3H3,(H,17,18). The third kappa shape index (κ3) is 3.23. The largest absolute Gasteiger partial charge is 0.455 e. The van der Waals surface area contributed by atoms with E-state index in [1.165, 1.54) is 16.0 Å². The Balaban J connectivity index is 2.11. The van der Waals surface area contributed by atoms with Gasteiger partial charge < -0.3 is 4.42 Å². The first-order valence-corrected chi connectivity index (χ1v) is 7.30. The first kappa shape index (κ1) is 14.7. The van der Waals surface area contributed by atoms with Gasteiger partial charge >= 0.3 is 5.91 Å². The van der Waals surface area contributed by atoms with Gasteiger partial charge in [0.05, 0.1) is 5.75 Å². The van der Waals surface area contributed by atoms with E-state index in [4.69, 9.17) is 10.3 Å². The van der Waals surface area contributed by atoms with Crippen molar-refractivity contribution in [1.82, 2.24) is 5.43 Å². The minimum absolute atomic E-state index is 0.282. The number of thioether (sulfide) groups is 1. The molecule has 4 nitrogen and oxygen atoms in total. The lowest BCUT2D eigenvalue weighted by Crippen LogP contribution is -2.30. The number of aryl methyl sites for hydroxylation is 3. The molecule has 0 aliphatic heterocycles. The van der Waals surface area contributed by atoms with Crippen LogP contribution >= 0.6 is 11.8 Å². The lowest BCUT2D eigenvalue weighted by atomic mass is 10.2. The average molecular weight is 290 g/mol. The first-order valence-electron chi connectivity index (χ1n) is 6.31. The molecule has 2 aromatic rings. The Morgan fingerprint density at radius 1 is 1.25 bits per heavy atom. The summed E-state index contributed by atoms with van der Waals surface area (Å²) < 4.78 is 5.55. The van der Waals surface area contributed by atoms with Gasteiger partial charge in [0.15, 0.2) is 5.76 Å². The monoisotopic (exact) mass is 290 g/mol. The molecule has 0 radical (unpaired) electrons. The Labute approximate surface area is 122 Å². The third-order valence-electron chi connectivity index (χ3n) is 3.02. The fraction of sp³-hybridized carbons (Fsp3) is 0.267. The van der Waals surface area contributed by atoms with Gasteiger partial charge in [-0.25, -0.2) is 5.84 Å². The molecule has 0 saturated heterocycles. The maximum atomic E-state index is 11.5. The molecule has 1 amide bonds. The molecule has 0 spiro atoms. The van der Waals surface area contributed by atoms with Crippen LogP contribution in [0.2, 0.25) is 0 Å². The summed E-state index contributed by atoms with van der Waals surface area (Å²) in [6, 6.07) is 8.24. The number of rotatable bonds is 4. The van der Waals surface area contributed by atoms with E-state index in [1.54, 1.807) is 11.8 Å². The summed E-state index contributed by atoms with van der Waals surface area (Å²) >= 11 is 1.70. The van der Waals surface area contributed by atoms with Gasteiger partial charge in [0, 0.05) is 10.5 Å². The molecule has 106 valence electrons. The van der Waals surface area contributed by atoms with Gasteiger partial charge in [0.2, 0.25) is 0 Å². The number of furan rings is 1. The predicted molar refractivity (Wildman–Crippen MR) is 80.6 cm³/mol. The third-order valence-corrected chi connectivity index (χ3v) is 4.20. The van der Waals surface area contributed by atoms with Crippen molar-refractivity contribution in [3.63, 3.8) is 0 Å². The lowest BCUT2D eigenvalue weighted by molar-refractivity contribution is 0.0923. The van der Waals surface area contributed by atoms with Gasteiger partial charge in [-0.3, -0.25) is 10.2 Å². The predicted octanol–water partition coefficient (Wildman–Crippen LogP) is 3.10. The molecule has 0 unspecified atom stereocenters. The number of hydrogen-bond acceptors (Lipinski definition) is 4. The van der Waals surface area contributed by atoms with Crippen LogP contribution in [0.25, 0.3) is 0 Å². The van der Waals surface area contributed by atoms with Crippen LogP contribution in [0.1, 0.15) is 33.0 Å². The highest BCUT2D eigenvalue weighted by molar-refractivity contribution is 7.98. The van der Waals surface area contributed by atoms with Gasteiger partial charge in [0.1, 0.15) is 5.76 Å². The normalized spacial score (nSPS) is 10.6. The smallest absolute Gasteiger partial charge is 0.301 e. The summed E-state index contributed by atoms with van der Waals surface area (Å²) in [6.07, 6.45) is 0. The SMILES string of the molecule is Cc1ccc(C)c(SCc2cc(C)c(C(=O)NN)o2)c1. The van der Waals surface area contributed by atoms with Crippen molar-refractivity contribution in [2.24, 2.45) is 5.84 Å². The van der Waals surface area contributed by atoms with Crippen molar-refractivity contribution in [2.75, 3.05) is 0 Å².